The Balaban J connectivity index is 1.30. The van der Waals surface area contributed by atoms with Crippen molar-refractivity contribution < 1.29 is 45.8 Å². The van der Waals surface area contributed by atoms with E-state index in [9.17, 15) is 31.2 Å². The lowest BCUT2D eigenvalue weighted by Gasteiger charge is -2.26. The van der Waals surface area contributed by atoms with Gasteiger partial charge in [0.05, 0.1) is 23.5 Å². The Hall–Kier alpha value is -5.04. The summed E-state index contributed by atoms with van der Waals surface area (Å²) in [6.45, 7) is 0.155. The van der Waals surface area contributed by atoms with Gasteiger partial charge in [-0.3, -0.25) is 13.9 Å². The zero-order chi connectivity index (χ0) is 32.2. The first-order valence-electron chi connectivity index (χ1n) is 13.7. The molecule has 0 saturated carbocycles. The van der Waals surface area contributed by atoms with Crippen molar-refractivity contribution in [3.05, 3.63) is 108 Å². The normalized spacial score (nSPS) is 14.5. The molecule has 4 aromatic carbocycles. The summed E-state index contributed by atoms with van der Waals surface area (Å²) in [7, 11) is -4.28. The number of carboxylic acids is 1. The maximum absolute atomic E-state index is 13.9. The van der Waals surface area contributed by atoms with Gasteiger partial charge in [-0.2, -0.15) is 0 Å². The first-order chi connectivity index (χ1) is 21.4. The molecule has 1 atom stereocenters. The van der Waals surface area contributed by atoms with Crippen LogP contribution in [-0.2, 0) is 32.5 Å². The number of alkyl halides is 3. The maximum atomic E-state index is 13.9. The average Bonchev–Trinajstić information content (AvgIpc) is 3.40. The summed E-state index contributed by atoms with van der Waals surface area (Å²) < 4.78 is 77.4. The van der Waals surface area contributed by atoms with Crippen LogP contribution in [0, 0.1) is 0 Å². The summed E-state index contributed by atoms with van der Waals surface area (Å²) in [5.41, 5.74) is 2.06. The molecule has 0 fully saturated rings. The third-order valence-corrected chi connectivity index (χ3v) is 8.85. The number of fused-ring (bicyclic) bond motifs is 1. The molecule has 1 heterocycles. The van der Waals surface area contributed by atoms with E-state index in [1.54, 1.807) is 48.5 Å². The lowest BCUT2D eigenvalue weighted by Crippen LogP contribution is -2.48. The van der Waals surface area contributed by atoms with E-state index in [2.05, 4.69) is 10.1 Å². The number of nitrogens with zero attached hydrogens (tertiary/aromatic N) is 1. The molecular formula is C32H27F3N2O7S. The Bertz CT molecular complexity index is 1790. The Morgan fingerprint density at radius 1 is 0.911 bits per heavy atom. The molecule has 0 radical (unpaired) electrons. The number of rotatable bonds is 11. The molecule has 0 bridgehead atoms. The summed E-state index contributed by atoms with van der Waals surface area (Å²) in [6, 6.07) is 23.0. The zero-order valence-corrected chi connectivity index (χ0v) is 24.3. The van der Waals surface area contributed by atoms with Crippen molar-refractivity contribution >= 4 is 27.6 Å². The van der Waals surface area contributed by atoms with E-state index in [-0.39, 0.29) is 36.5 Å². The van der Waals surface area contributed by atoms with Gasteiger partial charge in [-0.15, -0.1) is 13.2 Å². The molecule has 4 aromatic rings. The van der Waals surface area contributed by atoms with E-state index < -0.39 is 40.1 Å². The van der Waals surface area contributed by atoms with Crippen molar-refractivity contribution in [2.75, 3.05) is 17.5 Å². The van der Waals surface area contributed by atoms with E-state index in [1.165, 1.54) is 48.5 Å². The number of ether oxygens (including phenoxy) is 2. The number of anilines is 1. The predicted octanol–water partition coefficient (Wildman–Crippen LogP) is 5.19. The van der Waals surface area contributed by atoms with Crippen molar-refractivity contribution in [1.29, 1.82) is 0 Å². The number of amides is 1. The van der Waals surface area contributed by atoms with E-state index >= 15 is 0 Å². The van der Waals surface area contributed by atoms with Gasteiger partial charge in [-0.1, -0.05) is 60.7 Å². The number of hydrogen-bond donors (Lipinski definition) is 2. The van der Waals surface area contributed by atoms with Crippen molar-refractivity contribution in [3.63, 3.8) is 0 Å². The fourth-order valence-corrected chi connectivity index (χ4v) is 6.68. The third-order valence-electron chi connectivity index (χ3n) is 7.01. The minimum atomic E-state index is -4.90. The van der Waals surface area contributed by atoms with Crippen LogP contribution in [0.3, 0.4) is 0 Å². The topological polar surface area (TPSA) is 122 Å². The standard InChI is InChI=1S/C32H27F3N2O7S/c33-32(34,35)44-29-8-4-2-6-26(29)22-11-15-25(16-12-22)45(41,42)37-27-7-3-1-5-23(27)20-28(37)31(40)36-17-18-43-24-13-9-21(10-14-24)19-30(38)39/h1-16,28H,17-20H2,(H,36,40)(H,38,39)/t28-/m0/s1. The van der Waals surface area contributed by atoms with Crippen LogP contribution < -0.4 is 19.1 Å². The molecule has 5 rings (SSSR count). The van der Waals surface area contributed by atoms with Crippen LogP contribution in [0.5, 0.6) is 11.5 Å². The van der Waals surface area contributed by atoms with Crippen molar-refractivity contribution in [2.45, 2.75) is 30.1 Å². The van der Waals surface area contributed by atoms with Gasteiger partial charge in [0.2, 0.25) is 5.91 Å². The predicted molar refractivity (Wildman–Crippen MR) is 158 cm³/mol. The smallest absolute Gasteiger partial charge is 0.492 e. The number of halogens is 3. The highest BCUT2D eigenvalue weighted by molar-refractivity contribution is 7.93. The quantitative estimate of drug-likeness (QED) is 0.216. The Kier molecular flexibility index (Phi) is 9.00. The molecule has 2 N–H and O–H groups in total. The highest BCUT2D eigenvalue weighted by Gasteiger charge is 2.42. The van der Waals surface area contributed by atoms with Crippen molar-refractivity contribution in [2.24, 2.45) is 0 Å². The summed E-state index contributed by atoms with van der Waals surface area (Å²) in [5, 5.41) is 11.6. The second-order valence-electron chi connectivity index (χ2n) is 10.1. The number of para-hydroxylation sites is 2. The Labute approximate surface area is 256 Å². The number of carbonyl (C=O) groups is 2. The monoisotopic (exact) mass is 640 g/mol. The number of aliphatic carboxylic acids is 1. The molecule has 9 nitrogen and oxygen atoms in total. The molecule has 0 spiro atoms. The third kappa shape index (κ3) is 7.37. The van der Waals surface area contributed by atoms with Crippen molar-refractivity contribution in [3.8, 4) is 22.6 Å². The van der Waals surface area contributed by atoms with Gasteiger partial charge >= 0.3 is 12.3 Å². The Morgan fingerprint density at radius 2 is 1.58 bits per heavy atom. The van der Waals surface area contributed by atoms with Gasteiger partial charge in [-0.25, -0.2) is 8.42 Å². The average molecular weight is 641 g/mol. The lowest BCUT2D eigenvalue weighted by molar-refractivity contribution is -0.274. The van der Waals surface area contributed by atoms with Gasteiger partial charge < -0.3 is 19.9 Å². The van der Waals surface area contributed by atoms with Gasteiger partial charge in [0, 0.05) is 12.0 Å². The molecule has 234 valence electrons. The van der Waals surface area contributed by atoms with E-state index in [1.807, 2.05) is 0 Å². The molecule has 0 unspecified atom stereocenters. The van der Waals surface area contributed by atoms with Crippen LogP contribution in [0.4, 0.5) is 18.9 Å². The van der Waals surface area contributed by atoms with E-state index in [0.717, 1.165) is 4.31 Å². The van der Waals surface area contributed by atoms with Crippen LogP contribution in [0.2, 0.25) is 0 Å². The van der Waals surface area contributed by atoms with Crippen LogP contribution in [0.1, 0.15) is 11.1 Å². The molecule has 13 heteroatoms. The summed E-state index contributed by atoms with van der Waals surface area (Å²) in [5.74, 6) is -1.43. The molecule has 1 amide bonds. The van der Waals surface area contributed by atoms with Gasteiger partial charge in [0.1, 0.15) is 24.1 Å². The first-order valence-corrected chi connectivity index (χ1v) is 15.2. The van der Waals surface area contributed by atoms with E-state index in [4.69, 9.17) is 9.84 Å². The highest BCUT2D eigenvalue weighted by Crippen LogP contribution is 2.38. The molecular weight excluding hydrogens is 613 g/mol. The molecule has 1 aliphatic heterocycles. The highest BCUT2D eigenvalue weighted by atomic mass is 32.2. The lowest BCUT2D eigenvalue weighted by atomic mass is 10.1. The molecule has 0 saturated heterocycles. The molecule has 0 aliphatic carbocycles. The number of nitrogens with one attached hydrogen (secondary N) is 1. The van der Waals surface area contributed by atoms with Gasteiger partial charge in [-0.05, 0) is 53.1 Å². The Morgan fingerprint density at radius 3 is 2.27 bits per heavy atom. The minimum Gasteiger partial charge on any atom is -0.492 e. The second-order valence-corrected chi connectivity index (χ2v) is 11.9. The number of carbonyl (C=O) groups excluding carboxylic acids is 1. The maximum Gasteiger partial charge on any atom is 0.573 e. The second kappa shape index (κ2) is 12.9. The number of carboxylic acid groups (broad SMARTS) is 1. The van der Waals surface area contributed by atoms with Crippen molar-refractivity contribution in [1.82, 2.24) is 5.32 Å². The fourth-order valence-electron chi connectivity index (χ4n) is 5.03. The minimum absolute atomic E-state index is 0.0740. The van der Waals surface area contributed by atoms with E-state index in [0.29, 0.717) is 28.1 Å². The van der Waals surface area contributed by atoms with Crippen LogP contribution >= 0.6 is 0 Å². The largest absolute Gasteiger partial charge is 0.573 e. The first kappa shape index (κ1) is 31.4. The SMILES string of the molecule is O=C(O)Cc1ccc(OCCNC(=O)[C@@H]2Cc3ccccc3N2S(=O)(=O)c2ccc(-c3ccccc3OC(F)(F)F)cc2)cc1. The summed E-state index contributed by atoms with van der Waals surface area (Å²) in [4.78, 5) is 24.0. The number of sulfonamides is 1. The summed E-state index contributed by atoms with van der Waals surface area (Å²) >= 11 is 0. The van der Waals surface area contributed by atoms with Crippen LogP contribution in [0.15, 0.2) is 102 Å². The summed E-state index contributed by atoms with van der Waals surface area (Å²) in [6.07, 6.45) is -4.89. The zero-order valence-electron chi connectivity index (χ0n) is 23.5. The molecule has 0 aromatic heterocycles. The number of benzene rings is 4. The van der Waals surface area contributed by atoms with Crippen LogP contribution in [0.25, 0.3) is 11.1 Å². The van der Waals surface area contributed by atoms with Crippen LogP contribution in [-0.4, -0.2) is 51.0 Å². The van der Waals surface area contributed by atoms with Gasteiger partial charge in [0.25, 0.3) is 10.0 Å². The molecule has 45 heavy (non-hydrogen) atoms. The number of hydrogen-bond acceptors (Lipinski definition) is 6. The fraction of sp³-hybridized carbons (Fsp3) is 0.188. The van der Waals surface area contributed by atoms with Gasteiger partial charge in [0.15, 0.2) is 0 Å². The molecule has 1 aliphatic rings.